The van der Waals surface area contributed by atoms with Crippen molar-refractivity contribution in [1.82, 2.24) is 4.98 Å². The van der Waals surface area contributed by atoms with Crippen LogP contribution in [-0.4, -0.2) is 16.7 Å². The van der Waals surface area contributed by atoms with Crippen LogP contribution in [0.5, 0.6) is 0 Å². The molecule has 18 heavy (non-hydrogen) atoms. The predicted molar refractivity (Wildman–Crippen MR) is 68.7 cm³/mol. The largest absolute Gasteiger partial charge is 0.444 e. The molecule has 0 spiro atoms. The van der Waals surface area contributed by atoms with Crippen molar-refractivity contribution in [1.29, 1.82) is 5.26 Å². The number of pyridine rings is 1. The van der Waals surface area contributed by atoms with Crippen LogP contribution in [0.4, 0.5) is 10.6 Å². The van der Waals surface area contributed by atoms with Gasteiger partial charge < -0.3 is 4.74 Å². The molecule has 1 heterocycles. The van der Waals surface area contributed by atoms with Crippen LogP contribution in [0, 0.1) is 11.3 Å². The van der Waals surface area contributed by atoms with Crippen molar-refractivity contribution >= 4 is 18.0 Å². The van der Waals surface area contributed by atoms with Gasteiger partial charge in [-0.05, 0) is 39.0 Å². The molecule has 0 radical (unpaired) electrons. The van der Waals surface area contributed by atoms with E-state index in [1.807, 2.05) is 6.07 Å². The van der Waals surface area contributed by atoms with Gasteiger partial charge in [0.15, 0.2) is 0 Å². The first-order chi connectivity index (χ1) is 8.40. The van der Waals surface area contributed by atoms with Gasteiger partial charge in [0.2, 0.25) is 0 Å². The molecule has 1 N–H and O–H groups in total. The molecule has 5 heteroatoms. The lowest BCUT2D eigenvalue weighted by atomic mass is 10.2. The molecule has 0 bridgehead atoms. The van der Waals surface area contributed by atoms with Gasteiger partial charge in [-0.15, -0.1) is 0 Å². The average Bonchev–Trinajstić information content (AvgIpc) is 2.24. The minimum Gasteiger partial charge on any atom is -0.444 e. The number of ether oxygens (including phenoxy) is 1. The summed E-state index contributed by atoms with van der Waals surface area (Å²) in [5, 5.41) is 10.9. The van der Waals surface area contributed by atoms with Crippen LogP contribution >= 0.6 is 0 Å². The van der Waals surface area contributed by atoms with E-state index in [4.69, 9.17) is 10.00 Å². The van der Waals surface area contributed by atoms with Crippen molar-refractivity contribution < 1.29 is 9.53 Å². The van der Waals surface area contributed by atoms with Crippen molar-refractivity contribution in [2.24, 2.45) is 0 Å². The minimum absolute atomic E-state index is 0.379. The number of carbonyl (C=O) groups excluding carboxylic acids is 1. The number of hydrogen-bond donors (Lipinski definition) is 1. The second kappa shape index (κ2) is 5.82. The predicted octanol–water partition coefficient (Wildman–Crippen LogP) is 2.97. The van der Waals surface area contributed by atoms with Crippen LogP contribution in [0.1, 0.15) is 26.5 Å². The summed E-state index contributed by atoms with van der Waals surface area (Å²) in [5.41, 5.74) is 0.0349. The van der Waals surface area contributed by atoms with Crippen LogP contribution in [0.15, 0.2) is 24.3 Å². The van der Waals surface area contributed by atoms with Crippen molar-refractivity contribution in [2.45, 2.75) is 26.4 Å². The van der Waals surface area contributed by atoms with Gasteiger partial charge in [0.25, 0.3) is 0 Å². The molecule has 0 aliphatic carbocycles. The molecule has 94 valence electrons. The first-order valence-corrected chi connectivity index (χ1v) is 5.44. The van der Waals surface area contributed by atoms with E-state index in [1.54, 1.807) is 45.0 Å². The highest BCUT2D eigenvalue weighted by atomic mass is 16.6. The number of nitriles is 1. The quantitative estimate of drug-likeness (QED) is 0.813. The molecule has 0 aliphatic heterocycles. The van der Waals surface area contributed by atoms with E-state index in [2.05, 4.69) is 10.3 Å². The SMILES string of the molecule is CC(C)(C)OC(=O)Nc1cccc(/C=C/C#N)n1. The van der Waals surface area contributed by atoms with E-state index in [0.29, 0.717) is 11.5 Å². The number of nitrogens with one attached hydrogen (secondary N) is 1. The Morgan fingerprint density at radius 3 is 2.83 bits per heavy atom. The summed E-state index contributed by atoms with van der Waals surface area (Å²) in [7, 11) is 0. The molecule has 5 nitrogen and oxygen atoms in total. The number of rotatable bonds is 2. The Hall–Kier alpha value is -2.35. The zero-order valence-corrected chi connectivity index (χ0v) is 10.6. The number of aromatic nitrogens is 1. The molecule has 0 aliphatic rings. The Labute approximate surface area is 106 Å². The Morgan fingerprint density at radius 2 is 2.22 bits per heavy atom. The maximum absolute atomic E-state index is 11.5. The molecule has 0 saturated heterocycles. The lowest BCUT2D eigenvalue weighted by Crippen LogP contribution is -2.27. The fourth-order valence-electron chi connectivity index (χ4n) is 1.14. The number of carbonyl (C=O) groups is 1. The fourth-order valence-corrected chi connectivity index (χ4v) is 1.14. The summed E-state index contributed by atoms with van der Waals surface area (Å²) in [6.07, 6.45) is 2.32. The molecule has 1 rings (SSSR count). The minimum atomic E-state index is -0.559. The zero-order valence-electron chi connectivity index (χ0n) is 10.6. The Bertz CT molecular complexity index is 496. The van der Waals surface area contributed by atoms with Gasteiger partial charge in [-0.25, -0.2) is 9.78 Å². The molecule has 0 saturated carbocycles. The fraction of sp³-hybridized carbons (Fsp3) is 0.308. The Kier molecular flexibility index (Phi) is 4.44. The average molecular weight is 245 g/mol. The van der Waals surface area contributed by atoms with Crippen molar-refractivity contribution in [3.8, 4) is 6.07 Å². The van der Waals surface area contributed by atoms with Crippen LogP contribution < -0.4 is 5.32 Å². The van der Waals surface area contributed by atoms with Gasteiger partial charge in [-0.1, -0.05) is 6.07 Å². The smallest absolute Gasteiger partial charge is 0.413 e. The summed E-state index contributed by atoms with van der Waals surface area (Å²) in [6, 6.07) is 6.98. The highest BCUT2D eigenvalue weighted by Gasteiger charge is 2.16. The topological polar surface area (TPSA) is 75.0 Å². The normalized spacial score (nSPS) is 11.0. The van der Waals surface area contributed by atoms with Gasteiger partial charge in [-0.3, -0.25) is 5.32 Å². The molecule has 0 unspecified atom stereocenters. The molecule has 0 aromatic carbocycles. The van der Waals surface area contributed by atoms with E-state index in [0.717, 1.165) is 0 Å². The van der Waals surface area contributed by atoms with Crippen LogP contribution in [0.25, 0.3) is 6.08 Å². The molecular weight excluding hydrogens is 230 g/mol. The second-order valence-corrected chi connectivity index (χ2v) is 4.54. The lowest BCUT2D eigenvalue weighted by molar-refractivity contribution is 0.0635. The molecular formula is C13H15N3O2. The van der Waals surface area contributed by atoms with Gasteiger partial charge in [0, 0.05) is 6.08 Å². The van der Waals surface area contributed by atoms with E-state index in [1.165, 1.54) is 6.08 Å². The van der Waals surface area contributed by atoms with Gasteiger partial charge in [-0.2, -0.15) is 5.26 Å². The standard InChI is InChI=1S/C13H15N3O2/c1-13(2,3)18-12(17)16-11-8-4-6-10(15-11)7-5-9-14/h4-8H,1-3H3,(H,15,16,17)/b7-5+. The number of anilines is 1. The maximum atomic E-state index is 11.5. The third-order valence-electron chi connectivity index (χ3n) is 1.73. The molecule has 0 fully saturated rings. The summed E-state index contributed by atoms with van der Waals surface area (Å²) < 4.78 is 5.10. The number of amides is 1. The highest BCUT2D eigenvalue weighted by Crippen LogP contribution is 2.11. The third kappa shape index (κ3) is 5.12. The van der Waals surface area contributed by atoms with Gasteiger partial charge in [0.1, 0.15) is 11.4 Å². The molecule has 0 atom stereocenters. The number of hydrogen-bond acceptors (Lipinski definition) is 4. The van der Waals surface area contributed by atoms with Gasteiger partial charge >= 0.3 is 6.09 Å². The van der Waals surface area contributed by atoms with Crippen LogP contribution in [0.2, 0.25) is 0 Å². The van der Waals surface area contributed by atoms with E-state index in [-0.39, 0.29) is 0 Å². The Balaban J connectivity index is 2.71. The monoisotopic (exact) mass is 245 g/mol. The van der Waals surface area contributed by atoms with E-state index >= 15 is 0 Å². The summed E-state index contributed by atoms with van der Waals surface area (Å²) in [5.74, 6) is 0.379. The molecule has 1 aromatic rings. The van der Waals surface area contributed by atoms with E-state index < -0.39 is 11.7 Å². The highest BCUT2D eigenvalue weighted by molar-refractivity contribution is 5.83. The second-order valence-electron chi connectivity index (χ2n) is 4.54. The molecule has 1 aromatic heterocycles. The lowest BCUT2D eigenvalue weighted by Gasteiger charge is -2.19. The number of nitrogens with zero attached hydrogens (tertiary/aromatic N) is 2. The summed E-state index contributed by atoms with van der Waals surface area (Å²) in [6.45, 7) is 5.35. The van der Waals surface area contributed by atoms with Gasteiger partial charge in [0.05, 0.1) is 11.8 Å². The van der Waals surface area contributed by atoms with Crippen LogP contribution in [0.3, 0.4) is 0 Å². The first kappa shape index (κ1) is 13.7. The van der Waals surface area contributed by atoms with Crippen LogP contribution in [-0.2, 0) is 4.74 Å². The van der Waals surface area contributed by atoms with Crippen molar-refractivity contribution in [2.75, 3.05) is 5.32 Å². The van der Waals surface area contributed by atoms with Crippen molar-refractivity contribution in [3.63, 3.8) is 0 Å². The first-order valence-electron chi connectivity index (χ1n) is 5.44. The molecule has 1 amide bonds. The summed E-state index contributed by atoms with van der Waals surface area (Å²) >= 11 is 0. The summed E-state index contributed by atoms with van der Waals surface area (Å²) in [4.78, 5) is 15.6. The third-order valence-corrected chi connectivity index (χ3v) is 1.73. The Morgan fingerprint density at radius 1 is 1.50 bits per heavy atom. The zero-order chi connectivity index (χ0) is 13.6. The number of allylic oxidation sites excluding steroid dienone is 1. The van der Waals surface area contributed by atoms with Crippen molar-refractivity contribution in [3.05, 3.63) is 30.0 Å². The van der Waals surface area contributed by atoms with E-state index in [9.17, 15) is 4.79 Å². The maximum Gasteiger partial charge on any atom is 0.413 e.